The van der Waals surface area contributed by atoms with Gasteiger partial charge in [0.2, 0.25) is 11.6 Å². The number of hydrogen-bond acceptors (Lipinski definition) is 15. The van der Waals surface area contributed by atoms with Gasteiger partial charge < -0.3 is 14.6 Å². The van der Waals surface area contributed by atoms with Crippen LogP contribution in [0.15, 0.2) is 274 Å². The van der Waals surface area contributed by atoms with Crippen molar-refractivity contribution in [1.82, 2.24) is 14.5 Å². The zero-order valence-electron chi connectivity index (χ0n) is 79.9. The van der Waals surface area contributed by atoms with E-state index in [-0.39, 0.29) is 95.4 Å². The van der Waals surface area contributed by atoms with Crippen LogP contribution >= 0.6 is 23.1 Å². The molecule has 2 aromatic heterocycles. The van der Waals surface area contributed by atoms with E-state index < -0.39 is 22.7 Å². The van der Waals surface area contributed by atoms with Gasteiger partial charge in [-0.05, 0) is 107 Å². The molecule has 0 saturated heterocycles. The van der Waals surface area contributed by atoms with Gasteiger partial charge in [0.15, 0.2) is 28.6 Å². The summed E-state index contributed by atoms with van der Waals surface area (Å²) in [7, 11) is 6.77. The van der Waals surface area contributed by atoms with Gasteiger partial charge in [-0.1, -0.05) is 430 Å². The maximum absolute atomic E-state index is 12.7. The Kier molecular flexibility index (Phi) is 96.5. The van der Waals surface area contributed by atoms with E-state index in [1.54, 1.807) is 59.5 Å². The van der Waals surface area contributed by atoms with Crippen LogP contribution in [0.25, 0.3) is 20.2 Å². The maximum Gasteiger partial charge on any atom is 0.260 e. The number of ether oxygens (including phenoxy) is 2. The molecule has 11 aromatic rings. The first kappa shape index (κ1) is 148. The molecule has 2 aliphatic rings. The van der Waals surface area contributed by atoms with E-state index in [1.807, 2.05) is 424 Å². The number of aliphatic hydroxyl groups is 1. The van der Waals surface area contributed by atoms with Gasteiger partial charge >= 0.3 is 0 Å². The zero-order chi connectivity index (χ0) is 93.5. The minimum atomic E-state index is -1.40. The highest BCUT2D eigenvalue weighted by molar-refractivity contribution is 7.99. The van der Waals surface area contributed by atoms with Crippen molar-refractivity contribution >= 4 is 83.6 Å². The minimum Gasteiger partial charge on any atom is -0.382 e. The molecule has 4 heterocycles. The van der Waals surface area contributed by atoms with Gasteiger partial charge in [0.05, 0.1) is 22.7 Å². The van der Waals surface area contributed by atoms with Crippen molar-refractivity contribution < 1.29 is 38.6 Å². The molecule has 0 saturated carbocycles. The molecular weight excluding hydrogens is 1650 g/mol. The fraction of sp³-hybridized carbons (Fsp3) is 0.430. The summed E-state index contributed by atoms with van der Waals surface area (Å²) in [4.78, 5) is 88.2. The smallest absolute Gasteiger partial charge is 0.260 e. The minimum absolute atomic E-state index is 0. The molecule has 0 aliphatic carbocycles. The molecule has 16 heteroatoms. The summed E-state index contributed by atoms with van der Waals surface area (Å²) in [6, 6.07) is 78.3. The van der Waals surface area contributed by atoms with Crippen LogP contribution in [0.3, 0.4) is 0 Å². The van der Waals surface area contributed by atoms with Crippen LogP contribution in [0, 0.1) is 20.8 Å². The third-order valence-corrected chi connectivity index (χ3v) is 19.1. The SMILES string of the molecule is C.C.C.C.C.C.C.C.C.CC.CC.CC.CC.CC.CC.CC.CC.CC.CC.CC(C)(O)C(=O)c1ccccc1.CC1=NC(C)(n2c(C)nc(C)c2C)N=C1C.CN(C)C(C)(C)C(=O)c1ccccc1.COC(OC)(C(=O)c1ccccc1)c1ccccc1.O=C(c1ccccc1)c1ccccc1.O=C1CCSc2ccccc21.O=c1c2ccccc2sc2ccccc12. The van der Waals surface area contributed by atoms with E-state index in [9.17, 15) is 33.9 Å². The third-order valence-electron chi connectivity index (χ3n) is 16.9. The van der Waals surface area contributed by atoms with E-state index in [2.05, 4.69) is 26.5 Å². The number of methoxy groups -OCH3 is 2. The number of ketones is 5. The predicted molar refractivity (Wildman–Crippen MR) is 587 cm³/mol. The number of benzene rings is 9. The first-order chi connectivity index (χ1) is 58.2. The highest BCUT2D eigenvalue weighted by Gasteiger charge is 2.41. The van der Waals surface area contributed by atoms with E-state index in [1.165, 1.54) is 28.1 Å². The fourth-order valence-electron chi connectivity index (χ4n) is 10.8. The Morgan fingerprint density at radius 3 is 1.01 bits per heavy atom. The van der Waals surface area contributed by atoms with Crippen molar-refractivity contribution in [3.63, 3.8) is 0 Å². The Balaban J connectivity index is -0.000000107. The fourth-order valence-corrected chi connectivity index (χ4v) is 12.9. The lowest BCUT2D eigenvalue weighted by Gasteiger charge is -2.30. The molecule has 1 N–H and O–H groups in total. The maximum atomic E-state index is 12.7. The number of hydrogen-bond donors (Lipinski definition) is 1. The van der Waals surface area contributed by atoms with Gasteiger partial charge in [-0.3, -0.25) is 38.2 Å². The van der Waals surface area contributed by atoms with E-state index in [4.69, 9.17) is 9.47 Å². The first-order valence-electron chi connectivity index (χ1n) is 43.0. The standard InChI is InChI=1S/C16H16O3.C13H8OS.C13H10O.C12H18N4.C12H17NO.C10H12O2.C9H8OS.10C2H6.9CH4/c1-18-16(19-2,14-11-7-4-8-12-14)15(17)13-9-5-3-6-10-13;14-13-9-5-1-3-7-11(9)15-12-8-4-2-6-10(12)13;14-13(11-7-3-1-4-8-11)12-9-5-2-6-10-12;1-7-8(2)15-12(6,14-7)16-10(4)9(3)13-11(16)5;1-12(2,13(3)4)11(14)10-8-6-5-7-9-10;1-10(2,12)9(11)8-6-4-3-5-7-8;10-8-5-6-11-9-4-2-1-3-7(8)9;10*1-2;;;;;;;;;/h3-12H,1-2H3;1-8H;1-10H;1-6H3;5-9H,1-4H3;3-7,12H,1-2H3;1-4H,5-6H2;10*1-2H3;9*1H4. The van der Waals surface area contributed by atoms with Gasteiger partial charge in [-0.2, -0.15) is 0 Å². The molecule has 732 valence electrons. The summed E-state index contributed by atoms with van der Waals surface area (Å²) in [5.74, 6) is 0.0238. The Morgan fingerprint density at radius 2 is 0.700 bits per heavy atom. The number of aromatic nitrogens is 2. The molecule has 0 fully saturated rings. The number of likely N-dealkylation sites (N-methyl/N-ethyl adjacent to an activating group) is 1. The number of thioether (sulfide) groups is 1. The van der Waals surface area contributed by atoms with Crippen LogP contribution in [0.4, 0.5) is 0 Å². The molecule has 130 heavy (non-hydrogen) atoms. The molecule has 2 aliphatic heterocycles. The first-order valence-corrected chi connectivity index (χ1v) is 44.8. The number of aliphatic imine (C=N–C) groups is 2. The van der Waals surface area contributed by atoms with Crippen LogP contribution in [-0.4, -0.2) is 105 Å². The number of rotatable bonds is 13. The molecule has 0 spiro atoms. The van der Waals surface area contributed by atoms with Crippen LogP contribution in [0.2, 0.25) is 0 Å². The number of aryl methyl sites for hydroxylation is 2. The Labute approximate surface area is 805 Å². The summed E-state index contributed by atoms with van der Waals surface area (Å²) in [5, 5.41) is 11.0. The molecule has 0 amide bonds. The van der Waals surface area contributed by atoms with Gasteiger partial charge in [0.25, 0.3) is 5.79 Å². The highest BCUT2D eigenvalue weighted by atomic mass is 32.2. The normalized spacial score (nSPS) is 10.4. The molecule has 0 atom stereocenters. The number of Topliss-reactive ketones (excluding diaryl/α,β-unsaturated/α-hetero) is 4. The quantitative estimate of drug-likeness (QED) is 0.0655. The van der Waals surface area contributed by atoms with Gasteiger partial charge in [0, 0.05) is 103 Å². The van der Waals surface area contributed by atoms with Crippen molar-refractivity contribution in [3.8, 4) is 0 Å². The molecule has 0 radical (unpaired) electrons. The van der Waals surface area contributed by atoms with Crippen LogP contribution in [0.5, 0.6) is 0 Å². The second-order valence-corrected chi connectivity index (χ2v) is 27.2. The molecule has 0 unspecified atom stereocenters. The largest absolute Gasteiger partial charge is 0.382 e. The Morgan fingerprint density at radius 1 is 0.408 bits per heavy atom. The zero-order valence-corrected chi connectivity index (χ0v) is 81.6. The van der Waals surface area contributed by atoms with Gasteiger partial charge in [-0.15, -0.1) is 23.1 Å². The third kappa shape index (κ3) is 47.2. The second kappa shape index (κ2) is 84.5. The second-order valence-electron chi connectivity index (χ2n) is 25.0. The van der Waals surface area contributed by atoms with Crippen LogP contribution in [-0.2, 0) is 21.0 Å². The predicted octanol–water partition coefficient (Wildman–Crippen LogP) is 33.9. The molecule has 9 aromatic carbocycles. The number of imidazole rings is 1. The number of carbonyl (C=O) groups is 5. The summed E-state index contributed by atoms with van der Waals surface area (Å²) in [6.07, 6.45) is 0.696. The van der Waals surface area contributed by atoms with E-state index in [0.29, 0.717) is 28.9 Å². The Hall–Kier alpha value is -10.0. The topological polar surface area (TPSA) is 187 Å². The summed E-state index contributed by atoms with van der Waals surface area (Å²) >= 11 is 3.44. The monoisotopic (exact) mass is 1830 g/mol. The van der Waals surface area contributed by atoms with E-state index >= 15 is 0 Å². The Bertz CT molecular complexity index is 4590. The summed E-state index contributed by atoms with van der Waals surface area (Å²) < 4.78 is 15.0. The van der Waals surface area contributed by atoms with Crippen molar-refractivity contribution in [2.24, 2.45) is 9.98 Å². The lowest BCUT2D eigenvalue weighted by atomic mass is 9.92. The highest BCUT2D eigenvalue weighted by Crippen LogP contribution is 2.33. The van der Waals surface area contributed by atoms with Gasteiger partial charge in [0.1, 0.15) is 11.4 Å². The molecule has 0 bridgehead atoms. The number of fused-ring (bicyclic) bond motifs is 3. The number of carbonyl (C=O) groups excluding carboxylic acids is 5. The van der Waals surface area contributed by atoms with E-state index in [0.717, 1.165) is 81.7 Å². The summed E-state index contributed by atoms with van der Waals surface area (Å²) in [6.45, 7) is 58.9. The van der Waals surface area contributed by atoms with Gasteiger partial charge in [-0.25, -0.2) is 15.0 Å². The van der Waals surface area contributed by atoms with Crippen LogP contribution in [0.1, 0.15) is 340 Å². The average molecular weight is 1830 g/mol. The average Bonchev–Trinajstić information content (AvgIpc) is 1.56. The number of nitrogens with zero attached hydrogens (tertiary/aromatic N) is 5. The molecule has 13 rings (SSSR count). The van der Waals surface area contributed by atoms with Crippen molar-refractivity contribution in [2.75, 3.05) is 34.1 Å². The molecular formula is C114H185N5O9S2. The molecule has 14 nitrogen and oxygen atoms in total. The van der Waals surface area contributed by atoms with Crippen molar-refractivity contribution in [3.05, 3.63) is 321 Å². The van der Waals surface area contributed by atoms with Crippen molar-refractivity contribution in [2.45, 2.75) is 309 Å². The lowest BCUT2D eigenvalue weighted by molar-refractivity contribution is -0.176. The van der Waals surface area contributed by atoms with Crippen molar-refractivity contribution in [1.29, 1.82) is 0 Å². The summed E-state index contributed by atoms with van der Waals surface area (Å²) in [5.41, 5.74) is 7.53. The lowest BCUT2D eigenvalue weighted by Crippen LogP contribution is -2.45. The van der Waals surface area contributed by atoms with Crippen LogP contribution < -0.4 is 5.43 Å².